The molecule has 10 nitrogen and oxygen atoms in total. The quantitative estimate of drug-likeness (QED) is 0.129. The van der Waals surface area contributed by atoms with E-state index in [1.807, 2.05) is 127 Å². The summed E-state index contributed by atoms with van der Waals surface area (Å²) in [5.74, 6) is 3.22. The maximum Gasteiger partial charge on any atom is 0.167 e. The summed E-state index contributed by atoms with van der Waals surface area (Å²) in [5.41, 5.74) is 22.2. The van der Waals surface area contributed by atoms with Gasteiger partial charge in [-0.1, -0.05) is 261 Å². The van der Waals surface area contributed by atoms with Crippen molar-refractivity contribution in [2.75, 3.05) is 0 Å². The van der Waals surface area contributed by atoms with Gasteiger partial charge in [-0.3, -0.25) is 0 Å². The van der Waals surface area contributed by atoms with Crippen molar-refractivity contribution in [2.24, 2.45) is 0 Å². The molecule has 508 valence electrons. The SMILES string of the molecule is c1ccc(-c2nc(-c3cccc4c3oc3ccccc34)nc(-c3cccc4oc5ccc(-c6ccc7c8c(cccc68)-c6cc(-c8cccc9c8oc8cccc(-c%10nc(-c%11ccccc%11)nc(-c%11cccc%12oc%13ccc(-c%14ccc%15c(ccc%16c%17ccccc%17ccc%15%16)c%14)cc%13c%11%12)n%10)c89)ccc6-7)cc5c34)n2)cc1. The van der Waals surface area contributed by atoms with E-state index in [1.54, 1.807) is 0 Å². The molecule has 0 bridgehead atoms. The van der Waals surface area contributed by atoms with Crippen LogP contribution in [0.1, 0.15) is 0 Å². The maximum atomic E-state index is 7.09. The first-order chi connectivity index (χ1) is 54.5. The molecular formula is C100H54N6O4. The van der Waals surface area contributed by atoms with Crippen molar-refractivity contribution < 1.29 is 17.7 Å². The van der Waals surface area contributed by atoms with E-state index < -0.39 is 0 Å². The van der Waals surface area contributed by atoms with Gasteiger partial charge in [-0.05, 0) is 160 Å². The standard InChI is InChI=1S/C100H54N6O4/c1-3-18-56(19-4-1)95-101-97(105-98(102-95)77-30-14-34-86-91(77)81-52-59(41-49-84(81)107-86)58-38-43-64-60(51-58)39-45-67-63-22-8-7-17-55(63)37-44-68(64)67)76-29-16-36-88-90(76)75-28-11-24-66(93(75)110-88)62-40-46-69-73-48-47-65(71-25-12-26-72(89(71)73)80(69)53-62)61-42-50-85-82(54-61)92-78(31-15-35-87(92)108-85)99-103-96(57-20-5-2-6-21-57)104-100(106-99)79-32-13-27-74-70-23-9-10-33-83(70)109-94(74)79/h1-54H. The van der Waals surface area contributed by atoms with Gasteiger partial charge in [-0.25, -0.2) is 29.9 Å². The summed E-state index contributed by atoms with van der Waals surface area (Å²) in [6.45, 7) is 0. The van der Waals surface area contributed by atoms with Crippen LogP contribution < -0.4 is 0 Å². The summed E-state index contributed by atoms with van der Waals surface area (Å²) in [7, 11) is 0. The molecule has 0 amide bonds. The highest BCUT2D eigenvalue weighted by Gasteiger charge is 2.28. The molecule has 0 spiro atoms. The average Bonchev–Trinajstić information content (AvgIpc) is 1.56. The van der Waals surface area contributed by atoms with Crippen LogP contribution in [0.4, 0.5) is 0 Å². The lowest BCUT2D eigenvalue weighted by Crippen LogP contribution is -2.00. The molecule has 6 heterocycles. The Morgan fingerprint density at radius 2 is 0.564 bits per heavy atom. The van der Waals surface area contributed by atoms with Crippen LogP contribution in [0.2, 0.25) is 0 Å². The third kappa shape index (κ3) is 9.11. The normalized spacial score (nSPS) is 12.2. The molecule has 0 saturated carbocycles. The van der Waals surface area contributed by atoms with E-state index in [1.165, 1.54) is 54.4 Å². The number of aromatic nitrogens is 6. The van der Waals surface area contributed by atoms with Gasteiger partial charge in [0, 0.05) is 76.5 Å². The third-order valence-electron chi connectivity index (χ3n) is 22.6. The number of para-hydroxylation sites is 3. The fourth-order valence-electron chi connectivity index (χ4n) is 17.5. The van der Waals surface area contributed by atoms with Crippen LogP contribution in [-0.4, -0.2) is 29.9 Å². The third-order valence-corrected chi connectivity index (χ3v) is 22.6. The minimum Gasteiger partial charge on any atom is -0.456 e. The Morgan fingerprint density at radius 1 is 0.155 bits per heavy atom. The molecule has 0 N–H and O–H groups in total. The Bertz CT molecular complexity index is 7930. The van der Waals surface area contributed by atoms with E-state index in [4.69, 9.17) is 47.6 Å². The highest BCUT2D eigenvalue weighted by Crippen LogP contribution is 2.53. The molecule has 1 aliphatic carbocycles. The highest BCUT2D eigenvalue weighted by atomic mass is 16.3. The van der Waals surface area contributed by atoms with Gasteiger partial charge in [0.1, 0.15) is 44.7 Å². The van der Waals surface area contributed by atoms with Crippen LogP contribution in [0.25, 0.3) is 255 Å². The molecule has 0 aliphatic heterocycles. The lowest BCUT2D eigenvalue weighted by atomic mass is 9.93. The van der Waals surface area contributed by atoms with Gasteiger partial charge in [-0.2, -0.15) is 0 Å². The van der Waals surface area contributed by atoms with Gasteiger partial charge in [0.25, 0.3) is 0 Å². The minimum absolute atomic E-state index is 0.516. The first kappa shape index (κ1) is 60.3. The monoisotopic (exact) mass is 1400 g/mol. The van der Waals surface area contributed by atoms with E-state index in [-0.39, 0.29) is 0 Å². The predicted molar refractivity (Wildman–Crippen MR) is 446 cm³/mol. The molecule has 0 unspecified atom stereocenters. The number of rotatable bonds is 9. The molecule has 0 atom stereocenters. The first-order valence-electron chi connectivity index (χ1n) is 36.9. The lowest BCUT2D eigenvalue weighted by molar-refractivity contribution is 0.668. The van der Waals surface area contributed by atoms with E-state index in [0.717, 1.165) is 165 Å². The van der Waals surface area contributed by atoms with Crippen molar-refractivity contribution >= 4 is 131 Å². The Hall–Kier alpha value is -15.0. The van der Waals surface area contributed by atoms with E-state index in [0.29, 0.717) is 34.9 Å². The van der Waals surface area contributed by atoms with E-state index in [2.05, 4.69) is 200 Å². The van der Waals surface area contributed by atoms with Crippen LogP contribution in [0.3, 0.4) is 0 Å². The zero-order chi connectivity index (χ0) is 71.8. The Kier molecular flexibility index (Phi) is 12.7. The second-order valence-electron chi connectivity index (χ2n) is 28.6. The molecule has 24 rings (SSSR count). The van der Waals surface area contributed by atoms with Gasteiger partial charge in [-0.15, -0.1) is 0 Å². The predicted octanol–water partition coefficient (Wildman–Crippen LogP) is 26.9. The summed E-state index contributed by atoms with van der Waals surface area (Å²) in [6, 6.07) is 115. The summed E-state index contributed by atoms with van der Waals surface area (Å²) in [4.78, 5) is 31.8. The summed E-state index contributed by atoms with van der Waals surface area (Å²) >= 11 is 0. The molecule has 0 fully saturated rings. The second kappa shape index (κ2) is 23.2. The van der Waals surface area contributed by atoms with E-state index in [9.17, 15) is 0 Å². The van der Waals surface area contributed by atoms with Gasteiger partial charge >= 0.3 is 0 Å². The molecule has 10 heteroatoms. The Labute approximate surface area is 626 Å². The van der Waals surface area contributed by atoms with Crippen molar-refractivity contribution in [2.45, 2.75) is 0 Å². The van der Waals surface area contributed by atoms with Crippen molar-refractivity contribution in [1.29, 1.82) is 0 Å². The number of furan rings is 4. The molecule has 6 aromatic heterocycles. The zero-order valence-electron chi connectivity index (χ0n) is 58.5. The van der Waals surface area contributed by atoms with Crippen molar-refractivity contribution in [1.82, 2.24) is 29.9 Å². The van der Waals surface area contributed by atoms with Crippen LogP contribution in [0, 0.1) is 0 Å². The topological polar surface area (TPSA) is 130 Å². The summed E-state index contributed by atoms with van der Waals surface area (Å²) in [6.07, 6.45) is 0. The smallest absolute Gasteiger partial charge is 0.167 e. The van der Waals surface area contributed by atoms with Crippen molar-refractivity contribution in [3.63, 3.8) is 0 Å². The van der Waals surface area contributed by atoms with Gasteiger partial charge < -0.3 is 17.7 Å². The highest BCUT2D eigenvalue weighted by molar-refractivity contribution is 6.23. The van der Waals surface area contributed by atoms with Gasteiger partial charge in [0.15, 0.2) is 34.9 Å². The summed E-state index contributed by atoms with van der Waals surface area (Å²) < 4.78 is 27.0. The second-order valence-corrected chi connectivity index (χ2v) is 28.6. The van der Waals surface area contributed by atoms with Crippen molar-refractivity contribution in [3.05, 3.63) is 328 Å². The fourth-order valence-corrected chi connectivity index (χ4v) is 17.5. The minimum atomic E-state index is 0.516. The largest absolute Gasteiger partial charge is 0.456 e. The van der Waals surface area contributed by atoms with E-state index >= 15 is 0 Å². The molecule has 17 aromatic carbocycles. The fraction of sp³-hybridized carbons (Fsp3) is 0. The number of nitrogens with zero attached hydrogens (tertiary/aromatic N) is 6. The Morgan fingerprint density at radius 3 is 1.25 bits per heavy atom. The summed E-state index contributed by atoms with van der Waals surface area (Å²) in [5, 5.41) is 17.5. The molecular weight excluding hydrogens is 1350 g/mol. The Balaban J connectivity index is 0.594. The van der Waals surface area contributed by atoms with Crippen LogP contribution >= 0.6 is 0 Å². The zero-order valence-corrected chi connectivity index (χ0v) is 58.5. The number of benzene rings is 17. The number of fused-ring (bicyclic) bond motifs is 20. The number of hydrogen-bond donors (Lipinski definition) is 0. The maximum absolute atomic E-state index is 7.09. The van der Waals surface area contributed by atoms with Gasteiger partial charge in [0.2, 0.25) is 0 Å². The molecule has 0 saturated heterocycles. The van der Waals surface area contributed by atoms with Crippen LogP contribution in [-0.2, 0) is 0 Å². The average molecular weight is 1400 g/mol. The van der Waals surface area contributed by atoms with Crippen LogP contribution in [0.15, 0.2) is 345 Å². The van der Waals surface area contributed by atoms with Crippen molar-refractivity contribution in [3.8, 4) is 124 Å². The molecule has 23 aromatic rings. The lowest BCUT2D eigenvalue weighted by Gasteiger charge is -2.11. The van der Waals surface area contributed by atoms with Crippen LogP contribution in [0.5, 0.6) is 0 Å². The molecule has 1 aliphatic rings. The number of hydrogen-bond acceptors (Lipinski definition) is 10. The first-order valence-corrected chi connectivity index (χ1v) is 36.9. The molecule has 0 radical (unpaired) electrons. The van der Waals surface area contributed by atoms with Gasteiger partial charge in [0.05, 0.1) is 5.56 Å². The molecule has 110 heavy (non-hydrogen) atoms.